The molecule has 1 N–H and O–H groups in total. The average molecular weight is 282 g/mol. The van der Waals surface area contributed by atoms with Crippen LogP contribution in [0, 0.1) is 11.8 Å². The van der Waals surface area contributed by atoms with Gasteiger partial charge < -0.3 is 4.90 Å². The number of carbonyl (C=O) groups is 3. The molecule has 0 aromatic heterocycles. The zero-order valence-corrected chi connectivity index (χ0v) is 11.6. The second kappa shape index (κ2) is 5.06. The Hall–Kier alpha value is -2.61. The second-order valence-electron chi connectivity index (χ2n) is 5.15. The summed E-state index contributed by atoms with van der Waals surface area (Å²) in [6, 6.07) is 4.88. The van der Waals surface area contributed by atoms with Gasteiger partial charge >= 0.3 is 0 Å². The van der Waals surface area contributed by atoms with Gasteiger partial charge in [-0.15, -0.1) is 5.92 Å². The Kier molecular flexibility index (Phi) is 3.22. The largest absolute Gasteiger partial charge is 0.322 e. The first-order chi connectivity index (χ1) is 10.1. The highest BCUT2D eigenvalue weighted by atomic mass is 16.2. The summed E-state index contributed by atoms with van der Waals surface area (Å²) in [5, 5.41) is 2.29. The highest BCUT2D eigenvalue weighted by molar-refractivity contribution is 6.05. The van der Waals surface area contributed by atoms with E-state index in [0.717, 1.165) is 11.1 Å². The van der Waals surface area contributed by atoms with Gasteiger partial charge in [-0.2, -0.15) is 0 Å². The molecule has 2 aliphatic rings. The normalized spacial score (nSPS) is 20.7. The molecule has 1 unspecified atom stereocenters. The molecule has 3 amide bonds. The van der Waals surface area contributed by atoms with E-state index in [-0.39, 0.29) is 24.1 Å². The first kappa shape index (κ1) is 13.4. The van der Waals surface area contributed by atoms with E-state index in [1.54, 1.807) is 19.1 Å². The topological polar surface area (TPSA) is 66.5 Å². The van der Waals surface area contributed by atoms with Gasteiger partial charge in [-0.05, 0) is 37.1 Å². The summed E-state index contributed by atoms with van der Waals surface area (Å²) in [5.74, 6) is 4.96. The zero-order valence-electron chi connectivity index (χ0n) is 11.6. The lowest BCUT2D eigenvalue weighted by atomic mass is 10.0. The number of nitrogens with zero attached hydrogens (tertiary/aromatic N) is 1. The van der Waals surface area contributed by atoms with Gasteiger partial charge in [0, 0.05) is 24.1 Å². The molecule has 5 nitrogen and oxygen atoms in total. The number of fused-ring (bicyclic) bond motifs is 1. The standard InChI is InChI=1S/C16H14N2O3/c1-2-3-10-4-5-12-11(8-10)9-18(16(12)21)13-6-7-14(19)17-15(13)20/h4-5,8,13H,6-7,9H2,1H3,(H,17,19,20). The molecule has 0 aliphatic carbocycles. The third kappa shape index (κ3) is 2.29. The maximum atomic E-state index is 12.4. The summed E-state index contributed by atoms with van der Waals surface area (Å²) >= 11 is 0. The Morgan fingerprint density at radius 1 is 1.29 bits per heavy atom. The molecule has 1 fully saturated rings. The molecular formula is C16H14N2O3. The fourth-order valence-corrected chi connectivity index (χ4v) is 2.80. The molecule has 2 aliphatic heterocycles. The van der Waals surface area contributed by atoms with Crippen molar-refractivity contribution in [3.63, 3.8) is 0 Å². The SMILES string of the molecule is CC#Cc1ccc2c(c1)CN(C1CCC(=O)NC1=O)C2=O. The Morgan fingerprint density at radius 3 is 2.81 bits per heavy atom. The first-order valence-corrected chi connectivity index (χ1v) is 6.80. The van der Waals surface area contributed by atoms with Gasteiger partial charge in [-0.3, -0.25) is 19.7 Å². The second-order valence-corrected chi connectivity index (χ2v) is 5.15. The van der Waals surface area contributed by atoms with Crippen LogP contribution in [-0.2, 0) is 16.1 Å². The molecule has 0 radical (unpaired) electrons. The molecule has 3 rings (SSSR count). The number of benzene rings is 1. The molecule has 5 heteroatoms. The first-order valence-electron chi connectivity index (χ1n) is 6.80. The van der Waals surface area contributed by atoms with Crippen LogP contribution in [0.3, 0.4) is 0 Å². The molecule has 0 spiro atoms. The Labute approximate surface area is 122 Å². The zero-order chi connectivity index (χ0) is 15.0. The number of hydrogen-bond donors (Lipinski definition) is 1. The minimum absolute atomic E-state index is 0.157. The van der Waals surface area contributed by atoms with Crippen LogP contribution in [0.15, 0.2) is 18.2 Å². The molecule has 21 heavy (non-hydrogen) atoms. The van der Waals surface area contributed by atoms with E-state index >= 15 is 0 Å². The van der Waals surface area contributed by atoms with Crippen molar-refractivity contribution in [2.75, 3.05) is 0 Å². The van der Waals surface area contributed by atoms with Gasteiger partial charge in [0.15, 0.2) is 0 Å². The Morgan fingerprint density at radius 2 is 2.10 bits per heavy atom. The van der Waals surface area contributed by atoms with Gasteiger partial charge in [0.25, 0.3) is 5.91 Å². The Bertz CT molecular complexity index is 712. The van der Waals surface area contributed by atoms with Crippen LogP contribution in [0.1, 0.15) is 41.3 Å². The maximum absolute atomic E-state index is 12.4. The summed E-state index contributed by atoms with van der Waals surface area (Å²) in [6.45, 7) is 2.15. The van der Waals surface area contributed by atoms with Crippen molar-refractivity contribution in [2.45, 2.75) is 32.4 Å². The third-order valence-electron chi connectivity index (χ3n) is 3.79. The maximum Gasteiger partial charge on any atom is 0.255 e. The molecule has 106 valence electrons. The number of rotatable bonds is 1. The molecule has 1 atom stereocenters. The van der Waals surface area contributed by atoms with Crippen LogP contribution < -0.4 is 5.32 Å². The van der Waals surface area contributed by atoms with Crippen LogP contribution in [0.4, 0.5) is 0 Å². The third-order valence-corrected chi connectivity index (χ3v) is 3.79. The minimum atomic E-state index is -0.566. The fourth-order valence-electron chi connectivity index (χ4n) is 2.80. The monoisotopic (exact) mass is 282 g/mol. The van der Waals surface area contributed by atoms with Crippen molar-refractivity contribution in [2.24, 2.45) is 0 Å². The summed E-state index contributed by atoms with van der Waals surface area (Å²) < 4.78 is 0. The van der Waals surface area contributed by atoms with Crippen LogP contribution in [0.5, 0.6) is 0 Å². The van der Waals surface area contributed by atoms with E-state index in [2.05, 4.69) is 17.2 Å². The van der Waals surface area contributed by atoms with Crippen LogP contribution in [-0.4, -0.2) is 28.7 Å². The van der Waals surface area contributed by atoms with Crippen molar-refractivity contribution in [3.05, 3.63) is 34.9 Å². The van der Waals surface area contributed by atoms with Crippen LogP contribution in [0.2, 0.25) is 0 Å². The van der Waals surface area contributed by atoms with Crippen molar-refractivity contribution in [3.8, 4) is 11.8 Å². The summed E-state index contributed by atoms with van der Waals surface area (Å²) in [7, 11) is 0. The van der Waals surface area contributed by atoms with E-state index in [0.29, 0.717) is 18.5 Å². The highest BCUT2D eigenvalue weighted by Gasteiger charge is 2.38. The molecule has 2 heterocycles. The minimum Gasteiger partial charge on any atom is -0.322 e. The van der Waals surface area contributed by atoms with Gasteiger partial charge in [-0.1, -0.05) is 5.92 Å². The summed E-state index contributed by atoms with van der Waals surface area (Å²) in [6.07, 6.45) is 0.648. The predicted molar refractivity (Wildman–Crippen MR) is 75.0 cm³/mol. The predicted octanol–water partition coefficient (Wildman–Crippen LogP) is 0.819. The quantitative estimate of drug-likeness (QED) is 0.612. The smallest absolute Gasteiger partial charge is 0.255 e. The average Bonchev–Trinajstić information content (AvgIpc) is 2.76. The van der Waals surface area contributed by atoms with Gasteiger partial charge in [0.1, 0.15) is 6.04 Å². The van der Waals surface area contributed by atoms with Gasteiger partial charge in [-0.25, -0.2) is 0 Å². The van der Waals surface area contributed by atoms with E-state index in [9.17, 15) is 14.4 Å². The van der Waals surface area contributed by atoms with Gasteiger partial charge in [0.05, 0.1) is 0 Å². The van der Waals surface area contributed by atoms with Crippen LogP contribution >= 0.6 is 0 Å². The number of nitrogens with one attached hydrogen (secondary N) is 1. The molecule has 1 saturated heterocycles. The lowest BCUT2D eigenvalue weighted by Gasteiger charge is -2.29. The number of carbonyl (C=O) groups excluding carboxylic acids is 3. The van der Waals surface area contributed by atoms with Crippen molar-refractivity contribution >= 4 is 17.7 Å². The summed E-state index contributed by atoms with van der Waals surface area (Å²) in [5.41, 5.74) is 2.35. The molecule has 0 saturated carbocycles. The molecular weight excluding hydrogens is 268 g/mol. The lowest BCUT2D eigenvalue weighted by Crippen LogP contribution is -2.52. The van der Waals surface area contributed by atoms with Gasteiger partial charge in [0.2, 0.25) is 11.8 Å². The number of imide groups is 1. The summed E-state index contributed by atoms with van der Waals surface area (Å²) in [4.78, 5) is 37.1. The van der Waals surface area contributed by atoms with E-state index in [4.69, 9.17) is 0 Å². The lowest BCUT2D eigenvalue weighted by molar-refractivity contribution is -0.136. The van der Waals surface area contributed by atoms with E-state index in [1.807, 2.05) is 6.07 Å². The number of amides is 3. The van der Waals surface area contributed by atoms with Crippen molar-refractivity contribution < 1.29 is 14.4 Å². The molecule has 1 aromatic carbocycles. The number of hydrogen-bond acceptors (Lipinski definition) is 3. The molecule has 1 aromatic rings. The Balaban J connectivity index is 1.87. The van der Waals surface area contributed by atoms with Crippen LogP contribution in [0.25, 0.3) is 0 Å². The van der Waals surface area contributed by atoms with E-state index < -0.39 is 6.04 Å². The van der Waals surface area contributed by atoms with E-state index in [1.165, 1.54) is 4.90 Å². The fraction of sp³-hybridized carbons (Fsp3) is 0.312. The number of piperidine rings is 1. The highest BCUT2D eigenvalue weighted by Crippen LogP contribution is 2.27. The van der Waals surface area contributed by atoms with Crippen molar-refractivity contribution in [1.29, 1.82) is 0 Å². The molecule has 0 bridgehead atoms. The van der Waals surface area contributed by atoms with Crippen molar-refractivity contribution in [1.82, 2.24) is 10.2 Å².